The summed E-state index contributed by atoms with van der Waals surface area (Å²) in [6, 6.07) is 2.34. The number of thiazole rings is 1. The lowest BCUT2D eigenvalue weighted by molar-refractivity contribution is 0.457. The van der Waals surface area contributed by atoms with Crippen LogP contribution in [0.4, 0.5) is 0 Å². The van der Waals surface area contributed by atoms with Gasteiger partial charge in [-0.15, -0.1) is 11.3 Å². The Morgan fingerprint density at radius 3 is 3.12 bits per heavy atom. The monoisotopic (exact) mass is 234 g/mol. The highest BCUT2D eigenvalue weighted by molar-refractivity contribution is 7.11. The summed E-state index contributed by atoms with van der Waals surface area (Å²) in [5, 5.41) is 4.67. The van der Waals surface area contributed by atoms with E-state index in [9.17, 15) is 0 Å². The highest BCUT2D eigenvalue weighted by Gasteiger charge is 2.26. The van der Waals surface area contributed by atoms with Crippen molar-refractivity contribution < 1.29 is 4.42 Å². The molecule has 2 aromatic rings. The van der Waals surface area contributed by atoms with Crippen molar-refractivity contribution in [1.29, 1.82) is 0 Å². The third-order valence-electron chi connectivity index (χ3n) is 2.99. The Bertz CT molecular complexity index is 515. The van der Waals surface area contributed by atoms with Gasteiger partial charge in [0, 0.05) is 23.4 Å². The number of hydrogen-bond donors (Lipinski definition) is 1. The van der Waals surface area contributed by atoms with Crippen molar-refractivity contribution in [2.24, 2.45) is 0 Å². The zero-order valence-electron chi connectivity index (χ0n) is 9.41. The standard InChI is InChI=1S/C12H14N2OS/c1-7-12(16-8(2)14-7)11-9-4-6-15-10(9)3-5-13-11/h4,6,11,13H,3,5H2,1-2H3. The first-order valence-electron chi connectivity index (χ1n) is 5.49. The molecule has 3 heterocycles. The summed E-state index contributed by atoms with van der Waals surface area (Å²) in [6.45, 7) is 5.11. The van der Waals surface area contributed by atoms with Crippen LogP contribution in [0.25, 0.3) is 0 Å². The lowest BCUT2D eigenvalue weighted by atomic mass is 10.00. The van der Waals surface area contributed by atoms with E-state index in [2.05, 4.69) is 30.2 Å². The Morgan fingerprint density at radius 2 is 2.38 bits per heavy atom. The number of fused-ring (bicyclic) bond motifs is 1. The number of aryl methyl sites for hydroxylation is 2. The van der Waals surface area contributed by atoms with Crippen LogP contribution in [-0.2, 0) is 6.42 Å². The molecule has 0 saturated heterocycles. The van der Waals surface area contributed by atoms with Gasteiger partial charge in [-0.3, -0.25) is 0 Å². The summed E-state index contributed by atoms with van der Waals surface area (Å²) in [7, 11) is 0. The van der Waals surface area contributed by atoms with Crippen molar-refractivity contribution in [3.63, 3.8) is 0 Å². The van der Waals surface area contributed by atoms with Gasteiger partial charge in [-0.05, 0) is 19.9 Å². The zero-order chi connectivity index (χ0) is 11.1. The highest BCUT2D eigenvalue weighted by atomic mass is 32.1. The molecule has 1 aliphatic heterocycles. The number of nitrogens with one attached hydrogen (secondary N) is 1. The summed E-state index contributed by atoms with van der Waals surface area (Å²) < 4.78 is 5.50. The SMILES string of the molecule is Cc1nc(C)c(C2NCCc3occc32)s1. The third-order valence-corrected chi connectivity index (χ3v) is 4.13. The maximum atomic E-state index is 5.50. The van der Waals surface area contributed by atoms with Crippen molar-refractivity contribution in [3.8, 4) is 0 Å². The topological polar surface area (TPSA) is 38.1 Å². The quantitative estimate of drug-likeness (QED) is 0.824. The molecule has 0 aromatic carbocycles. The lowest BCUT2D eigenvalue weighted by Crippen LogP contribution is -2.29. The molecule has 3 nitrogen and oxygen atoms in total. The Kier molecular flexibility index (Phi) is 2.33. The molecule has 0 fully saturated rings. The van der Waals surface area contributed by atoms with E-state index >= 15 is 0 Å². The summed E-state index contributed by atoms with van der Waals surface area (Å²) in [4.78, 5) is 5.81. The maximum Gasteiger partial charge on any atom is 0.110 e. The van der Waals surface area contributed by atoms with Crippen LogP contribution in [-0.4, -0.2) is 11.5 Å². The predicted octanol–water partition coefficient (Wildman–Crippen LogP) is 2.59. The number of hydrogen-bond acceptors (Lipinski definition) is 4. The smallest absolute Gasteiger partial charge is 0.110 e. The third kappa shape index (κ3) is 1.49. The van der Waals surface area contributed by atoms with E-state index in [1.165, 1.54) is 10.4 Å². The van der Waals surface area contributed by atoms with Gasteiger partial charge in [0.05, 0.1) is 23.0 Å². The summed E-state index contributed by atoms with van der Waals surface area (Å²) in [5.41, 5.74) is 2.41. The van der Waals surface area contributed by atoms with Crippen molar-refractivity contribution in [1.82, 2.24) is 10.3 Å². The van der Waals surface area contributed by atoms with Crippen LogP contribution in [0.15, 0.2) is 16.7 Å². The van der Waals surface area contributed by atoms with Crippen molar-refractivity contribution in [2.75, 3.05) is 6.54 Å². The largest absolute Gasteiger partial charge is 0.469 e. The normalized spacial score (nSPS) is 19.8. The van der Waals surface area contributed by atoms with Gasteiger partial charge in [-0.2, -0.15) is 0 Å². The van der Waals surface area contributed by atoms with Crippen molar-refractivity contribution >= 4 is 11.3 Å². The molecule has 3 rings (SSSR count). The van der Waals surface area contributed by atoms with E-state index in [1.807, 2.05) is 0 Å². The van der Waals surface area contributed by atoms with E-state index in [0.29, 0.717) is 0 Å². The van der Waals surface area contributed by atoms with Crippen LogP contribution in [0.1, 0.15) is 32.9 Å². The van der Waals surface area contributed by atoms with Crippen LogP contribution < -0.4 is 5.32 Å². The number of rotatable bonds is 1. The van der Waals surface area contributed by atoms with Gasteiger partial charge < -0.3 is 9.73 Å². The first-order valence-corrected chi connectivity index (χ1v) is 6.31. The molecule has 0 saturated carbocycles. The molecular weight excluding hydrogens is 220 g/mol. The molecule has 0 radical (unpaired) electrons. The Hall–Kier alpha value is -1.13. The Labute approximate surface area is 98.5 Å². The Morgan fingerprint density at radius 1 is 1.50 bits per heavy atom. The van der Waals surface area contributed by atoms with Crippen LogP contribution in [0.5, 0.6) is 0 Å². The molecule has 0 spiro atoms. The zero-order valence-corrected chi connectivity index (χ0v) is 10.2. The molecule has 84 valence electrons. The van der Waals surface area contributed by atoms with Gasteiger partial charge in [0.1, 0.15) is 5.76 Å². The summed E-state index contributed by atoms with van der Waals surface area (Å²) in [5.74, 6) is 1.12. The molecule has 0 bridgehead atoms. The van der Waals surface area contributed by atoms with E-state index in [0.717, 1.165) is 29.4 Å². The molecule has 1 atom stereocenters. The number of nitrogens with zero attached hydrogens (tertiary/aromatic N) is 1. The molecular formula is C12H14N2OS. The molecule has 0 amide bonds. The highest BCUT2D eigenvalue weighted by Crippen LogP contribution is 2.34. The van der Waals surface area contributed by atoms with Crippen molar-refractivity contribution in [2.45, 2.75) is 26.3 Å². The number of aromatic nitrogens is 1. The van der Waals surface area contributed by atoms with Gasteiger partial charge >= 0.3 is 0 Å². The van der Waals surface area contributed by atoms with Crippen LogP contribution >= 0.6 is 11.3 Å². The average Bonchev–Trinajstić information content (AvgIpc) is 2.84. The van der Waals surface area contributed by atoms with Gasteiger partial charge in [0.15, 0.2) is 0 Å². The van der Waals surface area contributed by atoms with Gasteiger partial charge in [-0.25, -0.2) is 4.98 Å². The molecule has 1 N–H and O–H groups in total. The van der Waals surface area contributed by atoms with Crippen LogP contribution in [0.3, 0.4) is 0 Å². The fraction of sp³-hybridized carbons (Fsp3) is 0.417. The second-order valence-electron chi connectivity index (χ2n) is 4.12. The molecule has 16 heavy (non-hydrogen) atoms. The maximum absolute atomic E-state index is 5.50. The van der Waals surface area contributed by atoms with Crippen LogP contribution in [0.2, 0.25) is 0 Å². The summed E-state index contributed by atoms with van der Waals surface area (Å²) >= 11 is 1.77. The van der Waals surface area contributed by atoms with Gasteiger partial charge in [0.2, 0.25) is 0 Å². The minimum atomic E-state index is 0.272. The van der Waals surface area contributed by atoms with E-state index in [1.54, 1.807) is 17.6 Å². The average molecular weight is 234 g/mol. The first kappa shape index (κ1) is 10.1. The fourth-order valence-corrected chi connectivity index (χ4v) is 3.32. The van der Waals surface area contributed by atoms with E-state index in [-0.39, 0.29) is 6.04 Å². The van der Waals surface area contributed by atoms with Crippen molar-refractivity contribution in [3.05, 3.63) is 39.2 Å². The molecule has 2 aromatic heterocycles. The second-order valence-corrected chi connectivity index (χ2v) is 5.35. The van der Waals surface area contributed by atoms with Crippen LogP contribution in [0, 0.1) is 13.8 Å². The molecule has 4 heteroatoms. The van der Waals surface area contributed by atoms with E-state index < -0.39 is 0 Å². The fourth-order valence-electron chi connectivity index (χ4n) is 2.30. The van der Waals surface area contributed by atoms with E-state index in [4.69, 9.17) is 4.42 Å². The predicted molar refractivity (Wildman–Crippen MR) is 63.8 cm³/mol. The van der Waals surface area contributed by atoms with Gasteiger partial charge in [-0.1, -0.05) is 0 Å². The lowest BCUT2D eigenvalue weighted by Gasteiger charge is -2.22. The second kappa shape index (κ2) is 3.71. The van der Waals surface area contributed by atoms with Gasteiger partial charge in [0.25, 0.3) is 0 Å². The molecule has 1 aliphatic rings. The summed E-state index contributed by atoms with van der Waals surface area (Å²) in [6.07, 6.45) is 2.77. The molecule has 0 aliphatic carbocycles. The number of furan rings is 1. The first-order chi connectivity index (χ1) is 7.75. The Balaban J connectivity index is 2.07. The minimum Gasteiger partial charge on any atom is -0.469 e. The molecule has 1 unspecified atom stereocenters. The minimum absolute atomic E-state index is 0.272.